The fourth-order valence-corrected chi connectivity index (χ4v) is 3.10. The minimum absolute atomic E-state index is 0.365. The lowest BCUT2D eigenvalue weighted by Gasteiger charge is -2.40. The zero-order chi connectivity index (χ0) is 10.8. The molecule has 0 aromatic heterocycles. The number of hydrogen-bond donors (Lipinski definition) is 0. The molecule has 2 aliphatic heterocycles. The molecule has 15 heavy (non-hydrogen) atoms. The second kappa shape index (κ2) is 4.74. The molecule has 0 spiro atoms. The minimum atomic E-state index is 0.365. The molecule has 0 aliphatic carbocycles. The van der Waals surface area contributed by atoms with Crippen LogP contribution in [0.15, 0.2) is 5.70 Å². The van der Waals surface area contributed by atoms with Gasteiger partial charge >= 0.3 is 0 Å². The standard InChI is InChI=1S/C10H18N3OS/c1-9-8-15-10(13(9)11(2)3)12-4-6-14-7-5-12/h10H,4-7H2,1-3H3. The summed E-state index contributed by atoms with van der Waals surface area (Å²) in [6.07, 6.45) is 0. The summed E-state index contributed by atoms with van der Waals surface area (Å²) in [7, 11) is 4.15. The van der Waals surface area contributed by atoms with Crippen LogP contribution >= 0.6 is 11.8 Å². The number of rotatable bonds is 2. The topological polar surface area (TPSA) is 19.0 Å². The van der Waals surface area contributed by atoms with Crippen LogP contribution in [0, 0.1) is 5.41 Å². The van der Waals surface area contributed by atoms with Crippen molar-refractivity contribution in [1.82, 2.24) is 14.9 Å². The molecule has 1 radical (unpaired) electrons. The highest BCUT2D eigenvalue weighted by Crippen LogP contribution is 2.32. The van der Waals surface area contributed by atoms with Crippen molar-refractivity contribution >= 4 is 11.8 Å². The Labute approximate surface area is 95.8 Å². The first-order valence-corrected chi connectivity index (χ1v) is 6.11. The Kier molecular flexibility index (Phi) is 3.56. The van der Waals surface area contributed by atoms with Crippen LogP contribution in [0.4, 0.5) is 0 Å². The van der Waals surface area contributed by atoms with Gasteiger partial charge in [0.2, 0.25) is 0 Å². The van der Waals surface area contributed by atoms with Gasteiger partial charge in [0.15, 0.2) is 0 Å². The molecule has 2 aliphatic rings. The van der Waals surface area contributed by atoms with E-state index in [9.17, 15) is 0 Å². The fourth-order valence-electron chi connectivity index (χ4n) is 1.93. The average Bonchev–Trinajstić information content (AvgIpc) is 2.61. The number of nitrogens with zero attached hydrogens (tertiary/aromatic N) is 3. The molecule has 85 valence electrons. The second-order valence-electron chi connectivity index (χ2n) is 3.97. The molecular formula is C10H18N3OS. The Bertz CT molecular complexity index is 251. The van der Waals surface area contributed by atoms with Crippen LogP contribution in [0.25, 0.3) is 0 Å². The van der Waals surface area contributed by atoms with E-state index in [1.54, 1.807) is 11.8 Å². The molecule has 1 unspecified atom stereocenters. The Balaban J connectivity index is 2.02. The van der Waals surface area contributed by atoms with Gasteiger partial charge in [-0.1, -0.05) is 11.8 Å². The van der Waals surface area contributed by atoms with Crippen LogP contribution < -0.4 is 0 Å². The Morgan fingerprint density at radius 2 is 2.07 bits per heavy atom. The van der Waals surface area contributed by atoms with Gasteiger partial charge < -0.3 is 4.74 Å². The number of allylic oxidation sites excluding steroid dienone is 1. The van der Waals surface area contributed by atoms with Crippen molar-refractivity contribution in [1.29, 1.82) is 0 Å². The van der Waals surface area contributed by atoms with Crippen LogP contribution in [0.3, 0.4) is 0 Å². The summed E-state index contributed by atoms with van der Waals surface area (Å²) in [6.45, 7) is 5.82. The molecule has 0 aromatic rings. The van der Waals surface area contributed by atoms with Crippen molar-refractivity contribution in [3.8, 4) is 0 Å². The van der Waals surface area contributed by atoms with Gasteiger partial charge in [-0.15, -0.1) is 0 Å². The molecule has 0 N–H and O–H groups in total. The first kappa shape index (κ1) is 11.3. The van der Waals surface area contributed by atoms with E-state index in [0.717, 1.165) is 26.3 Å². The molecule has 1 atom stereocenters. The van der Waals surface area contributed by atoms with Gasteiger partial charge in [0.1, 0.15) is 5.50 Å². The van der Waals surface area contributed by atoms with Crippen molar-refractivity contribution in [2.45, 2.75) is 12.4 Å². The summed E-state index contributed by atoms with van der Waals surface area (Å²) >= 11 is 1.76. The predicted octanol–water partition coefficient (Wildman–Crippen LogP) is 0.792. The first-order chi connectivity index (χ1) is 7.20. The summed E-state index contributed by atoms with van der Waals surface area (Å²) in [5, 5.41) is 7.73. The molecule has 0 saturated carbocycles. The molecule has 2 heterocycles. The number of hydrazine groups is 1. The van der Waals surface area contributed by atoms with E-state index in [2.05, 4.69) is 41.3 Å². The predicted molar refractivity (Wildman–Crippen MR) is 61.7 cm³/mol. The number of morpholine rings is 1. The third-order valence-electron chi connectivity index (χ3n) is 2.65. The lowest BCUT2D eigenvalue weighted by molar-refractivity contribution is -0.0477. The Morgan fingerprint density at radius 1 is 1.40 bits per heavy atom. The zero-order valence-electron chi connectivity index (χ0n) is 9.56. The maximum Gasteiger partial charge on any atom is 0.149 e. The maximum atomic E-state index is 5.37. The minimum Gasteiger partial charge on any atom is -0.379 e. The summed E-state index contributed by atoms with van der Waals surface area (Å²) < 4.78 is 5.37. The van der Waals surface area contributed by atoms with Crippen molar-refractivity contribution < 1.29 is 4.74 Å². The SMILES string of the molecule is CC1=[C]SC(N2CCOCC2)N1N(C)C. The van der Waals surface area contributed by atoms with Crippen molar-refractivity contribution in [2.75, 3.05) is 40.4 Å². The Hall–Kier alpha value is -0.230. The highest BCUT2D eigenvalue weighted by Gasteiger charge is 2.32. The zero-order valence-corrected chi connectivity index (χ0v) is 10.4. The second-order valence-corrected chi connectivity index (χ2v) is 4.83. The average molecular weight is 228 g/mol. The number of thioether (sulfide) groups is 1. The molecule has 1 saturated heterocycles. The molecule has 0 bridgehead atoms. The highest BCUT2D eigenvalue weighted by molar-refractivity contribution is 8.01. The van der Waals surface area contributed by atoms with E-state index in [-0.39, 0.29) is 0 Å². The van der Waals surface area contributed by atoms with Gasteiger partial charge in [-0.2, -0.15) is 0 Å². The largest absolute Gasteiger partial charge is 0.379 e. The van der Waals surface area contributed by atoms with Crippen LogP contribution in [0.5, 0.6) is 0 Å². The quantitative estimate of drug-likeness (QED) is 0.694. The maximum absolute atomic E-state index is 5.37. The van der Waals surface area contributed by atoms with Gasteiger partial charge in [-0.25, -0.2) is 5.01 Å². The van der Waals surface area contributed by atoms with Crippen molar-refractivity contribution in [2.24, 2.45) is 0 Å². The first-order valence-electron chi connectivity index (χ1n) is 5.23. The molecule has 4 nitrogen and oxygen atoms in total. The van der Waals surface area contributed by atoms with E-state index < -0.39 is 0 Å². The summed E-state index contributed by atoms with van der Waals surface area (Å²) in [4.78, 5) is 2.44. The monoisotopic (exact) mass is 228 g/mol. The molecule has 5 heteroatoms. The molecule has 1 fully saturated rings. The highest BCUT2D eigenvalue weighted by atomic mass is 32.2. The lowest BCUT2D eigenvalue weighted by atomic mass is 10.4. The van der Waals surface area contributed by atoms with Gasteiger partial charge in [0.25, 0.3) is 0 Å². The van der Waals surface area contributed by atoms with Gasteiger partial charge in [0.05, 0.1) is 13.2 Å². The van der Waals surface area contributed by atoms with E-state index >= 15 is 0 Å². The molecule has 0 amide bonds. The normalized spacial score (nSPS) is 28.7. The van der Waals surface area contributed by atoms with Gasteiger partial charge in [-0.3, -0.25) is 9.91 Å². The molecular weight excluding hydrogens is 210 g/mol. The van der Waals surface area contributed by atoms with Crippen LogP contribution in [-0.2, 0) is 4.74 Å². The van der Waals surface area contributed by atoms with Crippen LogP contribution in [-0.4, -0.2) is 60.8 Å². The summed E-state index contributed by atoms with van der Waals surface area (Å²) in [5.41, 5.74) is 1.56. The summed E-state index contributed by atoms with van der Waals surface area (Å²) in [5.74, 6) is 0. The van der Waals surface area contributed by atoms with Gasteiger partial charge in [0, 0.05) is 38.3 Å². The van der Waals surface area contributed by atoms with Crippen molar-refractivity contribution in [3.63, 3.8) is 0 Å². The number of ether oxygens (including phenoxy) is 1. The van der Waals surface area contributed by atoms with Crippen LogP contribution in [0.1, 0.15) is 6.92 Å². The molecule has 2 rings (SSSR count). The van der Waals surface area contributed by atoms with Gasteiger partial charge in [-0.05, 0) is 6.92 Å². The molecule has 0 aromatic carbocycles. The van der Waals surface area contributed by atoms with Crippen molar-refractivity contribution in [3.05, 3.63) is 11.1 Å². The summed E-state index contributed by atoms with van der Waals surface area (Å²) in [6, 6.07) is 0. The van der Waals surface area contributed by atoms with E-state index in [0.29, 0.717) is 5.50 Å². The lowest BCUT2D eigenvalue weighted by Crippen LogP contribution is -2.52. The van der Waals surface area contributed by atoms with Crippen LogP contribution in [0.2, 0.25) is 0 Å². The smallest absolute Gasteiger partial charge is 0.149 e. The van der Waals surface area contributed by atoms with E-state index in [1.807, 2.05) is 0 Å². The third-order valence-corrected chi connectivity index (χ3v) is 3.78. The number of hydrogen-bond acceptors (Lipinski definition) is 5. The van der Waals surface area contributed by atoms with E-state index in [4.69, 9.17) is 4.74 Å². The third kappa shape index (κ3) is 2.30. The van der Waals surface area contributed by atoms with E-state index in [1.165, 1.54) is 5.70 Å². The Morgan fingerprint density at radius 3 is 2.67 bits per heavy atom. The fraction of sp³-hybridized carbons (Fsp3) is 0.800.